The van der Waals surface area contributed by atoms with E-state index in [1.807, 2.05) is 12.1 Å². The van der Waals surface area contributed by atoms with E-state index in [-0.39, 0.29) is 11.8 Å². The maximum atomic E-state index is 12.6. The Kier molecular flexibility index (Phi) is 6.65. The second-order valence-electron chi connectivity index (χ2n) is 7.84. The minimum absolute atomic E-state index is 0.231. The summed E-state index contributed by atoms with van der Waals surface area (Å²) in [7, 11) is 1.47. The van der Waals surface area contributed by atoms with Crippen molar-refractivity contribution < 1.29 is 19.5 Å². The van der Waals surface area contributed by atoms with Gasteiger partial charge in [-0.1, -0.05) is 35.9 Å². The van der Waals surface area contributed by atoms with Crippen LogP contribution < -0.4 is 5.32 Å². The highest BCUT2D eigenvalue weighted by Crippen LogP contribution is 2.24. The molecule has 0 aromatic heterocycles. The number of benzene rings is 3. The van der Waals surface area contributed by atoms with E-state index in [9.17, 15) is 19.5 Å². The molecule has 0 heterocycles. The summed E-state index contributed by atoms with van der Waals surface area (Å²) in [5.41, 5.74) is 2.04. The van der Waals surface area contributed by atoms with Gasteiger partial charge in [-0.3, -0.25) is 9.59 Å². The first-order valence-corrected chi connectivity index (χ1v) is 10.3. The number of nitrogens with one attached hydrogen (secondary N) is 1. The summed E-state index contributed by atoms with van der Waals surface area (Å²) >= 11 is 5.85. The summed E-state index contributed by atoms with van der Waals surface area (Å²) in [6, 6.07) is 20.9. The van der Waals surface area contributed by atoms with Crippen LogP contribution in [-0.2, 0) is 4.79 Å². The lowest BCUT2D eigenvalue weighted by atomic mass is 10.0. The van der Waals surface area contributed by atoms with Crippen LogP contribution in [0.3, 0.4) is 0 Å². The minimum atomic E-state index is -1.32. The second kappa shape index (κ2) is 9.24. The fourth-order valence-electron chi connectivity index (χ4n) is 2.95. The number of carbonyl (C=O) groups is 3. The average Bonchev–Trinajstić information content (AvgIpc) is 2.79. The molecule has 0 saturated heterocycles. The van der Waals surface area contributed by atoms with Gasteiger partial charge in [-0.25, -0.2) is 4.79 Å². The molecular weight excluding hydrogens is 428 g/mol. The zero-order valence-electron chi connectivity index (χ0n) is 17.9. The van der Waals surface area contributed by atoms with Gasteiger partial charge in [0.25, 0.3) is 11.8 Å². The molecule has 0 atom stereocenters. The fraction of sp³-hybridized carbons (Fsp3) is 0.160. The number of nitrogens with zero attached hydrogens (tertiary/aromatic N) is 1. The van der Waals surface area contributed by atoms with Gasteiger partial charge < -0.3 is 15.3 Å². The first-order chi connectivity index (χ1) is 15.1. The van der Waals surface area contributed by atoms with Crippen LogP contribution in [0.1, 0.15) is 34.6 Å². The lowest BCUT2D eigenvalue weighted by Gasteiger charge is -2.31. The van der Waals surface area contributed by atoms with Crippen LogP contribution in [0.4, 0.5) is 5.69 Å². The van der Waals surface area contributed by atoms with Crippen LogP contribution in [0.25, 0.3) is 11.1 Å². The molecule has 0 aliphatic heterocycles. The number of anilines is 1. The molecule has 0 unspecified atom stereocenters. The number of carbonyl (C=O) groups excluding carboxylic acids is 2. The third kappa shape index (κ3) is 4.98. The van der Waals surface area contributed by atoms with Crippen molar-refractivity contribution in [3.8, 4) is 11.1 Å². The third-order valence-electron chi connectivity index (χ3n) is 5.38. The number of likely N-dealkylation sites (N-methyl/N-ethyl adjacent to an activating group) is 1. The van der Waals surface area contributed by atoms with Gasteiger partial charge >= 0.3 is 5.97 Å². The highest BCUT2D eigenvalue weighted by atomic mass is 35.5. The fourth-order valence-corrected chi connectivity index (χ4v) is 3.07. The zero-order valence-corrected chi connectivity index (χ0v) is 18.7. The van der Waals surface area contributed by atoms with E-state index in [1.54, 1.807) is 60.7 Å². The van der Waals surface area contributed by atoms with E-state index >= 15 is 0 Å². The number of hydrogen-bond donors (Lipinski definition) is 2. The predicted molar refractivity (Wildman–Crippen MR) is 125 cm³/mol. The first-order valence-electron chi connectivity index (χ1n) is 9.88. The molecule has 0 radical (unpaired) electrons. The molecule has 32 heavy (non-hydrogen) atoms. The van der Waals surface area contributed by atoms with Crippen molar-refractivity contribution in [2.24, 2.45) is 0 Å². The van der Waals surface area contributed by atoms with Crippen LogP contribution in [-0.4, -0.2) is 40.4 Å². The molecule has 7 heteroatoms. The average molecular weight is 451 g/mol. The van der Waals surface area contributed by atoms with Crippen molar-refractivity contribution in [2.45, 2.75) is 19.4 Å². The van der Waals surface area contributed by atoms with Crippen molar-refractivity contribution in [3.63, 3.8) is 0 Å². The predicted octanol–water partition coefficient (Wildman–Crippen LogP) is 5.19. The molecule has 0 aliphatic carbocycles. The minimum Gasteiger partial charge on any atom is -0.480 e. The van der Waals surface area contributed by atoms with Crippen LogP contribution in [0.5, 0.6) is 0 Å². The van der Waals surface area contributed by atoms with Crippen LogP contribution >= 0.6 is 11.6 Å². The van der Waals surface area contributed by atoms with E-state index in [2.05, 4.69) is 5.32 Å². The Bertz CT molecular complexity index is 1140. The van der Waals surface area contributed by atoms with Gasteiger partial charge in [-0.05, 0) is 73.5 Å². The molecule has 0 bridgehead atoms. The van der Waals surface area contributed by atoms with Gasteiger partial charge in [0.2, 0.25) is 0 Å². The van der Waals surface area contributed by atoms with Gasteiger partial charge in [0.15, 0.2) is 0 Å². The Balaban J connectivity index is 1.70. The lowest BCUT2D eigenvalue weighted by Crippen LogP contribution is -2.50. The lowest BCUT2D eigenvalue weighted by molar-refractivity contribution is -0.147. The summed E-state index contributed by atoms with van der Waals surface area (Å²) in [4.78, 5) is 37.6. The Morgan fingerprint density at radius 1 is 0.812 bits per heavy atom. The summed E-state index contributed by atoms with van der Waals surface area (Å²) in [5.74, 6) is -1.68. The molecular formula is C25H23ClN2O4. The molecule has 2 N–H and O–H groups in total. The molecule has 0 spiro atoms. The van der Waals surface area contributed by atoms with Crippen molar-refractivity contribution in [3.05, 3.63) is 88.9 Å². The molecule has 6 nitrogen and oxygen atoms in total. The Morgan fingerprint density at radius 3 is 1.78 bits per heavy atom. The van der Waals surface area contributed by atoms with Gasteiger partial charge in [0, 0.05) is 28.9 Å². The Morgan fingerprint density at radius 2 is 1.28 bits per heavy atom. The maximum absolute atomic E-state index is 12.6. The molecule has 3 aromatic carbocycles. The van der Waals surface area contributed by atoms with Crippen LogP contribution in [0.15, 0.2) is 72.8 Å². The number of carboxylic acid groups (broad SMARTS) is 1. The number of rotatable bonds is 6. The molecule has 164 valence electrons. The Labute approximate surface area is 191 Å². The zero-order chi connectivity index (χ0) is 23.5. The van der Waals surface area contributed by atoms with Crippen LogP contribution in [0.2, 0.25) is 5.02 Å². The number of hydrogen-bond acceptors (Lipinski definition) is 3. The molecule has 2 amide bonds. The van der Waals surface area contributed by atoms with Gasteiger partial charge in [-0.2, -0.15) is 0 Å². The van der Waals surface area contributed by atoms with Gasteiger partial charge in [0.1, 0.15) is 5.54 Å². The summed E-state index contributed by atoms with van der Waals surface area (Å²) in [6.45, 7) is 2.96. The van der Waals surface area contributed by atoms with E-state index in [0.29, 0.717) is 21.8 Å². The number of amides is 2. The van der Waals surface area contributed by atoms with Crippen LogP contribution in [0, 0.1) is 0 Å². The van der Waals surface area contributed by atoms with E-state index < -0.39 is 11.5 Å². The monoisotopic (exact) mass is 450 g/mol. The normalized spacial score (nSPS) is 11.0. The number of carboxylic acids is 1. The third-order valence-corrected chi connectivity index (χ3v) is 5.63. The summed E-state index contributed by atoms with van der Waals surface area (Å²) < 4.78 is 0. The quantitative estimate of drug-likeness (QED) is 0.540. The number of aliphatic carboxylic acids is 1. The van der Waals surface area contributed by atoms with Gasteiger partial charge in [-0.15, -0.1) is 0 Å². The van der Waals surface area contributed by atoms with Crippen molar-refractivity contribution in [2.75, 3.05) is 12.4 Å². The molecule has 0 saturated carbocycles. The van der Waals surface area contributed by atoms with Crippen molar-refractivity contribution in [1.29, 1.82) is 0 Å². The van der Waals surface area contributed by atoms with E-state index in [0.717, 1.165) is 11.1 Å². The highest BCUT2D eigenvalue weighted by Gasteiger charge is 2.35. The topological polar surface area (TPSA) is 86.7 Å². The van der Waals surface area contributed by atoms with Gasteiger partial charge in [0.05, 0.1) is 0 Å². The number of halogens is 1. The summed E-state index contributed by atoms with van der Waals surface area (Å²) in [6.07, 6.45) is 0. The van der Waals surface area contributed by atoms with E-state index in [4.69, 9.17) is 11.6 Å². The SMILES string of the molecule is CN(C(=O)c1ccc(-c2ccc(NC(=O)c3ccc(Cl)cc3)cc2)cc1)C(C)(C)C(=O)O. The van der Waals surface area contributed by atoms with E-state index in [1.165, 1.54) is 25.8 Å². The molecule has 0 fully saturated rings. The second-order valence-corrected chi connectivity index (χ2v) is 8.28. The Hall–Kier alpha value is -3.64. The smallest absolute Gasteiger partial charge is 0.329 e. The van der Waals surface area contributed by atoms with Crippen molar-refractivity contribution >= 4 is 35.1 Å². The maximum Gasteiger partial charge on any atom is 0.329 e. The molecule has 0 aliphatic rings. The largest absolute Gasteiger partial charge is 0.480 e. The first kappa shape index (κ1) is 23.0. The summed E-state index contributed by atoms with van der Waals surface area (Å²) in [5, 5.41) is 12.7. The molecule has 3 aromatic rings. The molecule has 3 rings (SSSR count). The standard InChI is InChI=1S/C25H23ClN2O4/c1-25(2,24(31)32)28(3)23(30)19-6-4-16(5-7-19)17-10-14-21(15-11-17)27-22(29)18-8-12-20(26)13-9-18/h4-15H,1-3H3,(H,27,29)(H,31,32). The highest BCUT2D eigenvalue weighted by molar-refractivity contribution is 6.30. The van der Waals surface area contributed by atoms with Crippen molar-refractivity contribution in [1.82, 2.24) is 4.90 Å².